The Morgan fingerprint density at radius 1 is 0.963 bits per heavy atom. The van der Waals surface area contributed by atoms with Crippen molar-refractivity contribution in [1.29, 1.82) is 0 Å². The average Bonchev–Trinajstić information content (AvgIpc) is 3.45. The van der Waals surface area contributed by atoms with Gasteiger partial charge in [-0.25, -0.2) is 0 Å². The van der Waals surface area contributed by atoms with Crippen LogP contribution in [0.25, 0.3) is 6.08 Å². The van der Waals surface area contributed by atoms with E-state index in [1.165, 1.54) is 13.0 Å². The van der Waals surface area contributed by atoms with E-state index >= 15 is 0 Å². The van der Waals surface area contributed by atoms with Gasteiger partial charge >= 0.3 is 0 Å². The van der Waals surface area contributed by atoms with E-state index in [2.05, 4.69) is 16.0 Å². The summed E-state index contributed by atoms with van der Waals surface area (Å²) < 4.78 is 0. The van der Waals surface area contributed by atoms with Crippen LogP contribution in [0.3, 0.4) is 0 Å². The minimum atomic E-state index is -0.291. The highest BCUT2D eigenvalue weighted by Crippen LogP contribution is 2.20. The van der Waals surface area contributed by atoms with Crippen molar-refractivity contribution in [2.45, 2.75) is 25.8 Å². The fourth-order valence-electron chi connectivity index (χ4n) is 2.47. The molecule has 0 atom stereocenters. The number of carbonyl (C=O) groups excluding carboxylic acids is 3. The highest BCUT2D eigenvalue weighted by molar-refractivity contribution is 6.03. The molecule has 0 radical (unpaired) electrons. The summed E-state index contributed by atoms with van der Waals surface area (Å²) in [5, 5.41) is 8.36. The summed E-state index contributed by atoms with van der Waals surface area (Å²) in [5.41, 5.74) is 2.62. The third-order valence-electron chi connectivity index (χ3n) is 3.96. The first-order valence-corrected chi connectivity index (χ1v) is 8.77. The lowest BCUT2D eigenvalue weighted by Gasteiger charge is -2.06. The molecule has 0 saturated heterocycles. The minimum Gasteiger partial charge on any atom is -0.349 e. The second-order valence-corrected chi connectivity index (χ2v) is 6.45. The molecular formula is C21H21N3O3. The Bertz CT molecular complexity index is 884. The highest BCUT2D eigenvalue weighted by Gasteiger charge is 2.23. The Hall–Kier alpha value is -3.41. The lowest BCUT2D eigenvalue weighted by molar-refractivity contribution is -0.114. The molecule has 3 rings (SSSR count). The molecular weight excluding hydrogens is 342 g/mol. The molecule has 1 aliphatic carbocycles. The number of amides is 3. The zero-order valence-electron chi connectivity index (χ0n) is 15.0. The van der Waals surface area contributed by atoms with Crippen molar-refractivity contribution in [3.05, 3.63) is 65.7 Å². The van der Waals surface area contributed by atoms with Crippen LogP contribution in [0.2, 0.25) is 0 Å². The number of nitrogens with one attached hydrogen (secondary N) is 3. The molecule has 0 bridgehead atoms. The standard InChI is InChI=1S/C21H21N3O3/c1-14(25)22-17-8-5-15(6-9-17)7-12-20(26)23-19-4-2-3-16(13-19)21(27)24-18-10-11-18/h2-9,12-13,18H,10-11H2,1H3,(H,22,25)(H,23,26)(H,24,27)/b12-7+. The molecule has 1 fully saturated rings. The number of hydrogen-bond acceptors (Lipinski definition) is 3. The monoisotopic (exact) mass is 363 g/mol. The molecule has 27 heavy (non-hydrogen) atoms. The van der Waals surface area contributed by atoms with E-state index < -0.39 is 0 Å². The summed E-state index contributed by atoms with van der Waals surface area (Å²) in [6.45, 7) is 1.45. The predicted octanol–water partition coefficient (Wildman–Crippen LogP) is 3.19. The average molecular weight is 363 g/mol. The Morgan fingerprint density at radius 3 is 2.37 bits per heavy atom. The zero-order valence-corrected chi connectivity index (χ0v) is 15.0. The van der Waals surface area contributed by atoms with Crippen molar-refractivity contribution in [3.8, 4) is 0 Å². The van der Waals surface area contributed by atoms with E-state index in [9.17, 15) is 14.4 Å². The number of rotatable bonds is 6. The smallest absolute Gasteiger partial charge is 0.251 e. The number of benzene rings is 2. The number of hydrogen-bond donors (Lipinski definition) is 3. The van der Waals surface area contributed by atoms with Crippen LogP contribution in [0.15, 0.2) is 54.6 Å². The maximum Gasteiger partial charge on any atom is 0.251 e. The molecule has 1 aliphatic rings. The van der Waals surface area contributed by atoms with Gasteiger partial charge in [0.25, 0.3) is 5.91 Å². The quantitative estimate of drug-likeness (QED) is 0.689. The van der Waals surface area contributed by atoms with Gasteiger partial charge < -0.3 is 16.0 Å². The molecule has 0 heterocycles. The van der Waals surface area contributed by atoms with Crippen LogP contribution >= 0.6 is 0 Å². The zero-order chi connectivity index (χ0) is 19.2. The highest BCUT2D eigenvalue weighted by atomic mass is 16.2. The Labute approximate surface area is 157 Å². The molecule has 3 N–H and O–H groups in total. The predicted molar refractivity (Wildman–Crippen MR) is 105 cm³/mol. The number of carbonyl (C=O) groups is 3. The molecule has 6 nitrogen and oxygen atoms in total. The van der Waals surface area contributed by atoms with Crippen molar-refractivity contribution in [3.63, 3.8) is 0 Å². The van der Waals surface area contributed by atoms with Crippen molar-refractivity contribution >= 4 is 35.2 Å². The van der Waals surface area contributed by atoms with E-state index in [0.717, 1.165) is 18.4 Å². The van der Waals surface area contributed by atoms with Gasteiger partial charge in [0, 0.05) is 36.0 Å². The minimum absolute atomic E-state index is 0.122. The summed E-state index contributed by atoms with van der Waals surface area (Å²) in [5.74, 6) is -0.546. The van der Waals surface area contributed by atoms with E-state index in [1.807, 2.05) is 0 Å². The van der Waals surface area contributed by atoms with Crippen molar-refractivity contribution in [2.24, 2.45) is 0 Å². The molecule has 0 aromatic heterocycles. The van der Waals surface area contributed by atoms with Gasteiger partial charge in [-0.1, -0.05) is 18.2 Å². The van der Waals surface area contributed by atoms with Crippen LogP contribution in [0.5, 0.6) is 0 Å². The van der Waals surface area contributed by atoms with Gasteiger partial charge in [-0.2, -0.15) is 0 Å². The summed E-state index contributed by atoms with van der Waals surface area (Å²) in [4.78, 5) is 35.2. The van der Waals surface area contributed by atoms with Crippen LogP contribution in [0, 0.1) is 0 Å². The molecule has 3 amide bonds. The van der Waals surface area contributed by atoms with Crippen LogP contribution in [0.1, 0.15) is 35.7 Å². The van der Waals surface area contributed by atoms with Gasteiger partial charge in [0.2, 0.25) is 11.8 Å². The van der Waals surface area contributed by atoms with Crippen LogP contribution in [-0.4, -0.2) is 23.8 Å². The molecule has 1 saturated carbocycles. The van der Waals surface area contributed by atoms with E-state index in [-0.39, 0.29) is 23.8 Å². The first-order chi connectivity index (χ1) is 13.0. The number of anilines is 2. The largest absolute Gasteiger partial charge is 0.349 e. The van der Waals surface area contributed by atoms with Crippen molar-refractivity contribution in [1.82, 2.24) is 5.32 Å². The second kappa shape index (κ2) is 8.31. The molecule has 0 aliphatic heterocycles. The summed E-state index contributed by atoms with van der Waals surface area (Å²) in [6, 6.07) is 14.3. The van der Waals surface area contributed by atoms with Gasteiger partial charge in [-0.15, -0.1) is 0 Å². The molecule has 2 aromatic carbocycles. The van der Waals surface area contributed by atoms with Crippen LogP contribution in [-0.2, 0) is 9.59 Å². The third-order valence-corrected chi connectivity index (χ3v) is 3.96. The first-order valence-electron chi connectivity index (χ1n) is 8.77. The first kappa shape index (κ1) is 18.4. The summed E-state index contributed by atoms with van der Waals surface area (Å²) >= 11 is 0. The van der Waals surface area contributed by atoms with E-state index in [1.54, 1.807) is 54.6 Å². The van der Waals surface area contributed by atoms with Crippen LogP contribution < -0.4 is 16.0 Å². The lowest BCUT2D eigenvalue weighted by atomic mass is 10.1. The lowest BCUT2D eigenvalue weighted by Crippen LogP contribution is -2.25. The second-order valence-electron chi connectivity index (χ2n) is 6.45. The Balaban J connectivity index is 1.57. The molecule has 138 valence electrons. The SMILES string of the molecule is CC(=O)Nc1ccc(/C=C/C(=O)Nc2cccc(C(=O)NC3CC3)c2)cc1. The molecule has 6 heteroatoms. The van der Waals surface area contributed by atoms with Crippen molar-refractivity contribution < 1.29 is 14.4 Å². The Kier molecular flexibility index (Phi) is 5.66. The van der Waals surface area contributed by atoms with Gasteiger partial charge in [-0.3, -0.25) is 14.4 Å². The maximum atomic E-state index is 12.1. The fourth-order valence-corrected chi connectivity index (χ4v) is 2.47. The maximum absolute atomic E-state index is 12.1. The van der Waals surface area contributed by atoms with E-state index in [4.69, 9.17) is 0 Å². The van der Waals surface area contributed by atoms with E-state index in [0.29, 0.717) is 16.9 Å². The van der Waals surface area contributed by atoms with Gasteiger partial charge in [-0.05, 0) is 54.8 Å². The van der Waals surface area contributed by atoms with Crippen molar-refractivity contribution in [2.75, 3.05) is 10.6 Å². The normalized spacial score (nSPS) is 13.2. The van der Waals surface area contributed by atoms with Gasteiger partial charge in [0.15, 0.2) is 0 Å². The topological polar surface area (TPSA) is 87.3 Å². The molecule has 0 spiro atoms. The Morgan fingerprint density at radius 2 is 1.70 bits per heavy atom. The van der Waals surface area contributed by atoms with Gasteiger partial charge in [0.05, 0.1) is 0 Å². The van der Waals surface area contributed by atoms with Crippen LogP contribution in [0.4, 0.5) is 11.4 Å². The molecule has 2 aromatic rings. The fraction of sp³-hybridized carbons (Fsp3) is 0.190. The molecule has 0 unspecified atom stereocenters. The van der Waals surface area contributed by atoms with Gasteiger partial charge in [0.1, 0.15) is 0 Å². The summed E-state index contributed by atoms with van der Waals surface area (Å²) in [6.07, 6.45) is 5.15. The third kappa shape index (κ3) is 5.81. The summed E-state index contributed by atoms with van der Waals surface area (Å²) in [7, 11) is 0.